The summed E-state index contributed by atoms with van der Waals surface area (Å²) in [5.74, 6) is -0.326. The topological polar surface area (TPSA) is 104 Å². The maximum atomic E-state index is 11.8. The summed E-state index contributed by atoms with van der Waals surface area (Å²) in [5, 5.41) is 4.39. The zero-order valence-electron chi connectivity index (χ0n) is 13.6. The van der Waals surface area contributed by atoms with E-state index in [4.69, 9.17) is 5.73 Å². The van der Waals surface area contributed by atoms with Crippen molar-refractivity contribution in [2.45, 2.75) is 50.7 Å². The molecule has 0 saturated carbocycles. The second-order valence-electron chi connectivity index (χ2n) is 6.78. The Hall–Kier alpha value is -2.57. The first-order valence-corrected chi connectivity index (χ1v) is 8.36. The fourth-order valence-electron chi connectivity index (χ4n) is 4.36. The van der Waals surface area contributed by atoms with Gasteiger partial charge >= 0.3 is 0 Å². The standard InChI is InChI=1S/C17H21N5O2/c1-9(23)22-11-2-3-12(22)7-10(6-11)21-15-13-4-5-19-17(13)20-8-14(15)16(18)24/h4-5,8,10-12H,2-3,6-7H2,1H3,(H2,18,24)(H2,19,20,21)/t11-,12-/m0/s1. The van der Waals surface area contributed by atoms with Gasteiger partial charge in [0, 0.05) is 42.8 Å². The molecule has 0 aliphatic carbocycles. The van der Waals surface area contributed by atoms with E-state index in [1.165, 1.54) is 6.20 Å². The van der Waals surface area contributed by atoms with Gasteiger partial charge in [-0.3, -0.25) is 9.59 Å². The van der Waals surface area contributed by atoms with Gasteiger partial charge in [0.2, 0.25) is 5.91 Å². The van der Waals surface area contributed by atoms with Crippen molar-refractivity contribution in [3.8, 4) is 0 Å². The number of primary amides is 1. The molecular weight excluding hydrogens is 306 g/mol. The van der Waals surface area contributed by atoms with Crippen LogP contribution in [0.2, 0.25) is 0 Å². The van der Waals surface area contributed by atoms with E-state index in [1.54, 1.807) is 13.1 Å². The number of nitrogens with one attached hydrogen (secondary N) is 2. The number of hydrogen-bond donors (Lipinski definition) is 3. The average Bonchev–Trinajstić information content (AvgIpc) is 3.10. The molecule has 0 aromatic carbocycles. The zero-order valence-corrected chi connectivity index (χ0v) is 13.6. The number of pyridine rings is 1. The summed E-state index contributed by atoms with van der Waals surface area (Å²) in [5.41, 5.74) is 7.41. The maximum Gasteiger partial charge on any atom is 0.252 e. The van der Waals surface area contributed by atoms with Crippen LogP contribution in [0.15, 0.2) is 18.5 Å². The molecule has 0 unspecified atom stereocenters. The number of carbonyl (C=O) groups excluding carboxylic acids is 2. The molecule has 4 heterocycles. The SMILES string of the molecule is CC(=O)N1[C@H]2CC[C@H]1CC(Nc1c(C(N)=O)cnc3[nH]ccc13)C2. The summed E-state index contributed by atoms with van der Waals surface area (Å²) < 4.78 is 0. The van der Waals surface area contributed by atoms with E-state index in [1.807, 2.05) is 11.0 Å². The number of aromatic nitrogens is 2. The molecular formula is C17H21N5O2. The number of amides is 2. The summed E-state index contributed by atoms with van der Waals surface area (Å²) in [4.78, 5) is 33.0. The van der Waals surface area contributed by atoms with E-state index in [0.717, 1.165) is 42.4 Å². The van der Waals surface area contributed by atoms with Crippen LogP contribution in [0, 0.1) is 0 Å². The lowest BCUT2D eigenvalue weighted by atomic mass is 9.96. The molecule has 2 amide bonds. The summed E-state index contributed by atoms with van der Waals surface area (Å²) in [6.07, 6.45) is 7.21. The Kier molecular flexibility index (Phi) is 3.44. The molecule has 126 valence electrons. The number of nitrogens with two attached hydrogens (primary N) is 1. The number of hydrogen-bond acceptors (Lipinski definition) is 4. The van der Waals surface area contributed by atoms with Gasteiger partial charge in [-0.2, -0.15) is 0 Å². The number of carbonyl (C=O) groups is 2. The Morgan fingerprint density at radius 1 is 1.33 bits per heavy atom. The lowest BCUT2D eigenvalue weighted by Gasteiger charge is -2.39. The van der Waals surface area contributed by atoms with Crippen molar-refractivity contribution >= 4 is 28.5 Å². The first kappa shape index (κ1) is 15.0. The molecule has 7 nitrogen and oxygen atoms in total. The second-order valence-corrected chi connectivity index (χ2v) is 6.78. The van der Waals surface area contributed by atoms with Crippen molar-refractivity contribution < 1.29 is 9.59 Å². The van der Waals surface area contributed by atoms with Gasteiger partial charge in [0.05, 0.1) is 11.3 Å². The highest BCUT2D eigenvalue weighted by Gasteiger charge is 2.42. The van der Waals surface area contributed by atoms with Crippen molar-refractivity contribution in [2.24, 2.45) is 5.73 Å². The Balaban J connectivity index is 1.64. The molecule has 2 atom stereocenters. The highest BCUT2D eigenvalue weighted by atomic mass is 16.2. The van der Waals surface area contributed by atoms with Crippen molar-refractivity contribution in [3.05, 3.63) is 24.0 Å². The third kappa shape index (κ3) is 2.31. The Morgan fingerprint density at radius 2 is 2.04 bits per heavy atom. The Bertz CT molecular complexity index is 800. The van der Waals surface area contributed by atoms with Crippen LogP contribution in [-0.2, 0) is 4.79 Å². The molecule has 7 heteroatoms. The van der Waals surface area contributed by atoms with Crippen LogP contribution >= 0.6 is 0 Å². The Morgan fingerprint density at radius 3 is 2.67 bits per heavy atom. The van der Waals surface area contributed by atoms with E-state index < -0.39 is 5.91 Å². The molecule has 24 heavy (non-hydrogen) atoms. The third-order valence-electron chi connectivity index (χ3n) is 5.30. The summed E-state index contributed by atoms with van der Waals surface area (Å²) in [7, 11) is 0. The summed E-state index contributed by atoms with van der Waals surface area (Å²) in [6, 6.07) is 2.70. The normalized spacial score (nSPS) is 25.9. The minimum absolute atomic E-state index is 0.163. The van der Waals surface area contributed by atoms with Gasteiger partial charge in [0.1, 0.15) is 5.65 Å². The number of rotatable bonds is 3. The van der Waals surface area contributed by atoms with E-state index in [-0.39, 0.29) is 11.9 Å². The van der Waals surface area contributed by atoms with Gasteiger partial charge in [0.25, 0.3) is 5.91 Å². The molecule has 0 radical (unpaired) electrons. The first-order chi connectivity index (χ1) is 11.5. The number of aromatic amines is 1. The second kappa shape index (κ2) is 5.51. The fourth-order valence-corrected chi connectivity index (χ4v) is 4.36. The summed E-state index contributed by atoms with van der Waals surface area (Å²) in [6.45, 7) is 1.65. The molecule has 4 rings (SSSR count). The van der Waals surface area contributed by atoms with E-state index in [9.17, 15) is 9.59 Å². The number of piperidine rings is 1. The molecule has 2 saturated heterocycles. The molecule has 2 aromatic rings. The minimum atomic E-state index is -0.489. The van der Waals surface area contributed by atoms with E-state index in [2.05, 4.69) is 15.3 Å². The van der Waals surface area contributed by atoms with Crippen LogP contribution in [0.5, 0.6) is 0 Å². The van der Waals surface area contributed by atoms with Crippen LogP contribution in [0.25, 0.3) is 11.0 Å². The van der Waals surface area contributed by atoms with Gasteiger partial charge in [0.15, 0.2) is 0 Å². The fraction of sp³-hybridized carbons (Fsp3) is 0.471. The monoisotopic (exact) mass is 327 g/mol. The zero-order chi connectivity index (χ0) is 16.8. The van der Waals surface area contributed by atoms with Gasteiger partial charge < -0.3 is 20.9 Å². The molecule has 4 N–H and O–H groups in total. The van der Waals surface area contributed by atoms with E-state index >= 15 is 0 Å². The highest BCUT2D eigenvalue weighted by molar-refractivity contribution is 6.06. The van der Waals surface area contributed by atoms with Crippen LogP contribution in [0.4, 0.5) is 5.69 Å². The van der Waals surface area contributed by atoms with Crippen LogP contribution in [0.1, 0.15) is 43.0 Å². The largest absolute Gasteiger partial charge is 0.381 e. The number of H-pyrrole nitrogens is 1. The quantitative estimate of drug-likeness (QED) is 0.796. The van der Waals surface area contributed by atoms with Gasteiger partial charge in [-0.05, 0) is 31.7 Å². The van der Waals surface area contributed by atoms with Crippen LogP contribution in [-0.4, -0.2) is 44.8 Å². The molecule has 2 aliphatic heterocycles. The van der Waals surface area contributed by atoms with Crippen LogP contribution < -0.4 is 11.1 Å². The van der Waals surface area contributed by atoms with Crippen molar-refractivity contribution in [1.29, 1.82) is 0 Å². The Labute approximate surface area is 139 Å². The molecule has 0 spiro atoms. The number of fused-ring (bicyclic) bond motifs is 3. The third-order valence-corrected chi connectivity index (χ3v) is 5.30. The van der Waals surface area contributed by atoms with Gasteiger partial charge in [-0.1, -0.05) is 0 Å². The number of nitrogens with zero attached hydrogens (tertiary/aromatic N) is 2. The average molecular weight is 327 g/mol. The predicted molar refractivity (Wildman–Crippen MR) is 90.6 cm³/mol. The lowest BCUT2D eigenvalue weighted by molar-refractivity contribution is -0.133. The van der Waals surface area contributed by atoms with Crippen LogP contribution in [0.3, 0.4) is 0 Å². The molecule has 2 fully saturated rings. The van der Waals surface area contributed by atoms with Crippen molar-refractivity contribution in [1.82, 2.24) is 14.9 Å². The maximum absolute atomic E-state index is 11.8. The molecule has 2 aliphatic rings. The molecule has 2 aromatic heterocycles. The van der Waals surface area contributed by atoms with Crippen molar-refractivity contribution in [2.75, 3.05) is 5.32 Å². The summed E-state index contributed by atoms with van der Waals surface area (Å²) >= 11 is 0. The first-order valence-electron chi connectivity index (χ1n) is 8.36. The van der Waals surface area contributed by atoms with Gasteiger partial charge in [-0.25, -0.2) is 4.98 Å². The highest BCUT2D eigenvalue weighted by Crippen LogP contribution is 2.38. The smallest absolute Gasteiger partial charge is 0.252 e. The number of anilines is 1. The lowest BCUT2D eigenvalue weighted by Crippen LogP contribution is -2.49. The minimum Gasteiger partial charge on any atom is -0.381 e. The van der Waals surface area contributed by atoms with E-state index in [0.29, 0.717) is 17.6 Å². The molecule has 2 bridgehead atoms. The van der Waals surface area contributed by atoms with Crippen molar-refractivity contribution in [3.63, 3.8) is 0 Å². The predicted octanol–water partition coefficient (Wildman–Crippen LogP) is 1.62. The van der Waals surface area contributed by atoms with Gasteiger partial charge in [-0.15, -0.1) is 0 Å².